The van der Waals surface area contributed by atoms with Gasteiger partial charge in [-0.3, -0.25) is 14.2 Å². The molecule has 32 heavy (non-hydrogen) atoms. The molecule has 0 unspecified atom stereocenters. The van der Waals surface area contributed by atoms with Gasteiger partial charge in [0.2, 0.25) is 5.91 Å². The normalized spacial score (nSPS) is 11.1. The Bertz CT molecular complexity index is 1320. The standard InChI is InChI=1S/C24H24N4O4/c1-15(2)23-26-24(32-27-23)18-12-22(30)28(19-10-6-5-9-17(18)19)14-21(29)25-13-16-8-4-7-11-20(16)31-3/h4-12,15H,13-14H2,1-3H3,(H,25,29). The van der Waals surface area contributed by atoms with Gasteiger partial charge in [0.15, 0.2) is 5.82 Å². The van der Waals surface area contributed by atoms with E-state index in [4.69, 9.17) is 9.26 Å². The van der Waals surface area contributed by atoms with Gasteiger partial charge in [0.25, 0.3) is 11.4 Å². The molecule has 1 amide bonds. The fourth-order valence-electron chi connectivity index (χ4n) is 3.50. The minimum Gasteiger partial charge on any atom is -0.496 e. The quantitative estimate of drug-likeness (QED) is 0.480. The number of nitrogens with one attached hydrogen (secondary N) is 1. The molecule has 0 bridgehead atoms. The van der Waals surface area contributed by atoms with Crippen molar-refractivity contribution in [2.75, 3.05) is 7.11 Å². The molecule has 0 aliphatic heterocycles. The fraction of sp³-hybridized carbons (Fsp3) is 0.250. The maximum Gasteiger partial charge on any atom is 0.258 e. The average Bonchev–Trinajstić information content (AvgIpc) is 3.30. The first-order chi connectivity index (χ1) is 15.5. The summed E-state index contributed by atoms with van der Waals surface area (Å²) in [5, 5.41) is 7.61. The lowest BCUT2D eigenvalue weighted by Crippen LogP contribution is -2.32. The zero-order valence-electron chi connectivity index (χ0n) is 18.2. The number of nitrogens with zero attached hydrogens (tertiary/aromatic N) is 3. The summed E-state index contributed by atoms with van der Waals surface area (Å²) >= 11 is 0. The Morgan fingerprint density at radius 3 is 2.66 bits per heavy atom. The molecule has 4 rings (SSSR count). The van der Waals surface area contributed by atoms with E-state index in [1.54, 1.807) is 13.2 Å². The summed E-state index contributed by atoms with van der Waals surface area (Å²) in [7, 11) is 1.58. The van der Waals surface area contributed by atoms with Crippen LogP contribution >= 0.6 is 0 Å². The van der Waals surface area contributed by atoms with E-state index in [1.807, 2.05) is 56.3 Å². The molecule has 2 aromatic carbocycles. The lowest BCUT2D eigenvalue weighted by Gasteiger charge is -2.13. The van der Waals surface area contributed by atoms with Crippen LogP contribution in [-0.4, -0.2) is 27.7 Å². The molecule has 0 saturated heterocycles. The zero-order valence-corrected chi connectivity index (χ0v) is 18.2. The van der Waals surface area contributed by atoms with Crippen LogP contribution in [0.3, 0.4) is 0 Å². The Morgan fingerprint density at radius 2 is 1.91 bits per heavy atom. The maximum absolute atomic E-state index is 13.0. The summed E-state index contributed by atoms with van der Waals surface area (Å²) in [6, 6.07) is 16.2. The van der Waals surface area contributed by atoms with Crippen molar-refractivity contribution < 1.29 is 14.1 Å². The predicted octanol–water partition coefficient (Wildman–Crippen LogP) is 3.50. The predicted molar refractivity (Wildman–Crippen MR) is 120 cm³/mol. The Hall–Kier alpha value is -3.94. The number of hydrogen-bond donors (Lipinski definition) is 1. The van der Waals surface area contributed by atoms with E-state index in [9.17, 15) is 9.59 Å². The van der Waals surface area contributed by atoms with E-state index in [-0.39, 0.29) is 29.8 Å². The molecule has 0 radical (unpaired) electrons. The van der Waals surface area contributed by atoms with Crippen LogP contribution < -0.4 is 15.6 Å². The molecule has 2 aromatic heterocycles. The molecule has 8 heteroatoms. The van der Waals surface area contributed by atoms with E-state index >= 15 is 0 Å². The third kappa shape index (κ3) is 4.25. The van der Waals surface area contributed by atoms with E-state index in [2.05, 4.69) is 15.5 Å². The first-order valence-electron chi connectivity index (χ1n) is 10.3. The highest BCUT2D eigenvalue weighted by Crippen LogP contribution is 2.27. The molecule has 0 fully saturated rings. The van der Waals surface area contributed by atoms with E-state index in [0.29, 0.717) is 29.2 Å². The van der Waals surface area contributed by atoms with Crippen LogP contribution in [0.4, 0.5) is 0 Å². The molecular weight excluding hydrogens is 408 g/mol. The number of carbonyl (C=O) groups is 1. The first kappa shape index (κ1) is 21.3. The number of amides is 1. The Morgan fingerprint density at radius 1 is 1.16 bits per heavy atom. The summed E-state index contributed by atoms with van der Waals surface area (Å²) in [4.78, 5) is 30.0. The summed E-state index contributed by atoms with van der Waals surface area (Å²) in [5.41, 5.74) is 1.70. The van der Waals surface area contributed by atoms with Gasteiger partial charge in [-0.2, -0.15) is 4.98 Å². The molecule has 0 atom stereocenters. The molecule has 0 aliphatic carbocycles. The molecule has 4 aromatic rings. The summed E-state index contributed by atoms with van der Waals surface area (Å²) in [6.07, 6.45) is 0. The summed E-state index contributed by atoms with van der Waals surface area (Å²) in [6.45, 7) is 4.12. The highest BCUT2D eigenvalue weighted by Gasteiger charge is 2.18. The molecule has 0 spiro atoms. The highest BCUT2D eigenvalue weighted by molar-refractivity contribution is 5.93. The maximum atomic E-state index is 13.0. The minimum absolute atomic E-state index is 0.103. The van der Waals surface area contributed by atoms with Gasteiger partial charge in [0.05, 0.1) is 18.2 Å². The van der Waals surface area contributed by atoms with Crippen LogP contribution in [0, 0.1) is 0 Å². The van der Waals surface area contributed by atoms with Gasteiger partial charge in [-0.15, -0.1) is 0 Å². The van der Waals surface area contributed by atoms with Crippen LogP contribution in [0.25, 0.3) is 22.4 Å². The van der Waals surface area contributed by atoms with Crippen molar-refractivity contribution in [2.45, 2.75) is 32.9 Å². The second-order valence-corrected chi connectivity index (χ2v) is 7.70. The van der Waals surface area contributed by atoms with E-state index < -0.39 is 0 Å². The average molecular weight is 432 g/mol. The molecule has 2 heterocycles. The molecule has 1 N–H and O–H groups in total. The molecule has 164 valence electrons. The van der Waals surface area contributed by atoms with Crippen LogP contribution in [0.1, 0.15) is 31.2 Å². The lowest BCUT2D eigenvalue weighted by atomic mass is 10.1. The van der Waals surface area contributed by atoms with E-state index in [1.165, 1.54) is 10.6 Å². The van der Waals surface area contributed by atoms with Crippen molar-refractivity contribution in [3.63, 3.8) is 0 Å². The number of pyridine rings is 1. The van der Waals surface area contributed by atoms with Crippen LogP contribution in [0.5, 0.6) is 5.75 Å². The number of rotatable bonds is 7. The summed E-state index contributed by atoms with van der Waals surface area (Å²) in [5.74, 6) is 1.38. The SMILES string of the molecule is COc1ccccc1CNC(=O)Cn1c(=O)cc(-c2nc(C(C)C)no2)c2ccccc21. The van der Waals surface area contributed by atoms with Gasteiger partial charge >= 0.3 is 0 Å². The molecule has 0 saturated carbocycles. The third-order valence-corrected chi connectivity index (χ3v) is 5.18. The summed E-state index contributed by atoms with van der Waals surface area (Å²) < 4.78 is 12.2. The number of carbonyl (C=O) groups excluding carboxylic acids is 1. The van der Waals surface area contributed by atoms with Crippen molar-refractivity contribution in [1.82, 2.24) is 20.0 Å². The van der Waals surface area contributed by atoms with Crippen LogP contribution in [-0.2, 0) is 17.9 Å². The van der Waals surface area contributed by atoms with Crippen molar-refractivity contribution in [3.05, 3.63) is 76.3 Å². The third-order valence-electron chi connectivity index (χ3n) is 5.18. The van der Waals surface area contributed by atoms with Crippen molar-refractivity contribution >= 4 is 16.8 Å². The number of hydrogen-bond acceptors (Lipinski definition) is 6. The largest absolute Gasteiger partial charge is 0.496 e. The van der Waals surface area contributed by atoms with Gasteiger partial charge in [-0.25, -0.2) is 0 Å². The van der Waals surface area contributed by atoms with Gasteiger partial charge in [-0.1, -0.05) is 55.4 Å². The van der Waals surface area contributed by atoms with Gasteiger partial charge in [-0.05, 0) is 12.1 Å². The first-order valence-corrected chi connectivity index (χ1v) is 10.3. The van der Waals surface area contributed by atoms with Crippen LogP contribution in [0.2, 0.25) is 0 Å². The van der Waals surface area contributed by atoms with Gasteiger partial charge in [0, 0.05) is 29.5 Å². The van der Waals surface area contributed by atoms with Crippen LogP contribution in [0.15, 0.2) is 63.9 Å². The Kier molecular flexibility index (Phi) is 6.02. The zero-order chi connectivity index (χ0) is 22.7. The fourth-order valence-corrected chi connectivity index (χ4v) is 3.50. The Balaban J connectivity index is 1.63. The van der Waals surface area contributed by atoms with Gasteiger partial charge < -0.3 is 14.6 Å². The number of fused-ring (bicyclic) bond motifs is 1. The van der Waals surface area contributed by atoms with E-state index in [0.717, 1.165) is 10.9 Å². The second-order valence-electron chi connectivity index (χ2n) is 7.70. The Labute approximate surface area is 184 Å². The topological polar surface area (TPSA) is 99.2 Å². The molecular formula is C24H24N4O4. The monoisotopic (exact) mass is 432 g/mol. The van der Waals surface area contributed by atoms with Crippen molar-refractivity contribution in [1.29, 1.82) is 0 Å². The number of aromatic nitrogens is 3. The highest BCUT2D eigenvalue weighted by atomic mass is 16.5. The van der Waals surface area contributed by atoms with Crippen molar-refractivity contribution in [2.24, 2.45) is 0 Å². The minimum atomic E-state index is -0.324. The number of ether oxygens (including phenoxy) is 1. The number of methoxy groups -OCH3 is 1. The lowest BCUT2D eigenvalue weighted by molar-refractivity contribution is -0.121. The molecule has 0 aliphatic rings. The second kappa shape index (κ2) is 9.05. The van der Waals surface area contributed by atoms with Gasteiger partial charge in [0.1, 0.15) is 12.3 Å². The number of para-hydroxylation sites is 2. The van der Waals surface area contributed by atoms with Crippen molar-refractivity contribution in [3.8, 4) is 17.2 Å². The smallest absolute Gasteiger partial charge is 0.258 e. The number of benzene rings is 2. The molecule has 8 nitrogen and oxygen atoms in total.